The van der Waals surface area contributed by atoms with Crippen LogP contribution >= 0.6 is 11.6 Å². The lowest BCUT2D eigenvalue weighted by Crippen LogP contribution is -2.11. The Kier molecular flexibility index (Phi) is 3.35. The summed E-state index contributed by atoms with van der Waals surface area (Å²) in [5.74, 6) is -0.998. The van der Waals surface area contributed by atoms with E-state index in [-0.39, 0.29) is 11.6 Å². The Morgan fingerprint density at radius 1 is 1.29 bits per heavy atom. The van der Waals surface area contributed by atoms with Crippen molar-refractivity contribution in [2.45, 2.75) is 13.0 Å². The van der Waals surface area contributed by atoms with E-state index < -0.39 is 5.97 Å². The zero-order valence-electron chi connectivity index (χ0n) is 11.2. The lowest BCUT2D eigenvalue weighted by Gasteiger charge is -2.14. The first-order chi connectivity index (χ1) is 10.1. The van der Waals surface area contributed by atoms with Crippen molar-refractivity contribution < 1.29 is 9.90 Å². The molecule has 5 nitrogen and oxygen atoms in total. The quantitative estimate of drug-likeness (QED) is 0.805. The summed E-state index contributed by atoms with van der Waals surface area (Å²) in [5.41, 5.74) is 2.20. The van der Waals surface area contributed by atoms with Gasteiger partial charge < -0.3 is 5.11 Å². The molecule has 0 amide bonds. The number of hydrogen-bond donors (Lipinski definition) is 1. The van der Waals surface area contributed by atoms with Crippen LogP contribution in [0.25, 0.3) is 11.0 Å². The molecule has 1 atom stereocenters. The largest absolute Gasteiger partial charge is 0.478 e. The number of para-hydroxylation sites is 1. The fraction of sp³-hybridized carbons (Fsp3) is 0.133. The van der Waals surface area contributed by atoms with Gasteiger partial charge in [-0.05, 0) is 36.8 Å². The molecule has 0 radical (unpaired) electrons. The molecule has 1 unspecified atom stereocenters. The second-order valence-corrected chi connectivity index (χ2v) is 5.18. The summed E-state index contributed by atoms with van der Waals surface area (Å²) in [5, 5.41) is 18.1. The molecule has 0 aliphatic heterocycles. The molecule has 0 aliphatic carbocycles. The standard InChI is InChI=1S/C15H12ClN3O2/c1-9(10-4-2-5-11(16)8-10)19-14-12(15(20)21)6-3-7-13(14)17-18-19/h2-9H,1H3,(H,20,21). The molecule has 106 valence electrons. The fourth-order valence-corrected chi connectivity index (χ4v) is 2.54. The van der Waals surface area contributed by atoms with Crippen LogP contribution in [-0.2, 0) is 0 Å². The van der Waals surface area contributed by atoms with Gasteiger partial charge in [-0.15, -0.1) is 5.10 Å². The van der Waals surface area contributed by atoms with Crippen molar-refractivity contribution >= 4 is 28.6 Å². The molecule has 3 rings (SSSR count). The summed E-state index contributed by atoms with van der Waals surface area (Å²) in [6.07, 6.45) is 0. The van der Waals surface area contributed by atoms with Gasteiger partial charge in [0.05, 0.1) is 11.6 Å². The second-order valence-electron chi connectivity index (χ2n) is 4.74. The van der Waals surface area contributed by atoms with E-state index in [1.165, 1.54) is 0 Å². The molecule has 21 heavy (non-hydrogen) atoms. The van der Waals surface area contributed by atoms with Crippen LogP contribution < -0.4 is 0 Å². The lowest BCUT2D eigenvalue weighted by molar-refractivity contribution is 0.0698. The van der Waals surface area contributed by atoms with Crippen LogP contribution in [0.3, 0.4) is 0 Å². The van der Waals surface area contributed by atoms with Gasteiger partial charge in [0.1, 0.15) is 11.0 Å². The Hall–Kier alpha value is -2.40. The fourth-order valence-electron chi connectivity index (χ4n) is 2.35. The molecule has 1 N–H and O–H groups in total. The van der Waals surface area contributed by atoms with Crippen LogP contribution in [0.15, 0.2) is 42.5 Å². The molecule has 0 saturated heterocycles. The number of aromatic nitrogens is 3. The highest BCUT2D eigenvalue weighted by Gasteiger charge is 2.19. The molecule has 3 aromatic rings. The van der Waals surface area contributed by atoms with E-state index in [2.05, 4.69) is 10.3 Å². The number of nitrogens with zero attached hydrogens (tertiary/aromatic N) is 3. The Bertz CT molecular complexity index is 829. The lowest BCUT2D eigenvalue weighted by atomic mass is 10.1. The predicted molar refractivity (Wildman–Crippen MR) is 79.8 cm³/mol. The highest BCUT2D eigenvalue weighted by molar-refractivity contribution is 6.30. The van der Waals surface area contributed by atoms with Gasteiger partial charge in [0.2, 0.25) is 0 Å². The van der Waals surface area contributed by atoms with Crippen molar-refractivity contribution in [2.24, 2.45) is 0 Å². The smallest absolute Gasteiger partial charge is 0.337 e. The van der Waals surface area contributed by atoms with Crippen LogP contribution in [0.4, 0.5) is 0 Å². The third-order valence-corrected chi connectivity index (χ3v) is 3.66. The Morgan fingerprint density at radius 3 is 2.76 bits per heavy atom. The monoisotopic (exact) mass is 301 g/mol. The predicted octanol–water partition coefficient (Wildman–Crippen LogP) is 3.39. The Balaban J connectivity index is 2.18. The van der Waals surface area contributed by atoms with Gasteiger partial charge in [0.15, 0.2) is 0 Å². The third-order valence-electron chi connectivity index (χ3n) is 3.42. The highest BCUT2D eigenvalue weighted by atomic mass is 35.5. The van der Waals surface area contributed by atoms with Crippen molar-refractivity contribution in [3.63, 3.8) is 0 Å². The van der Waals surface area contributed by atoms with E-state index in [4.69, 9.17) is 11.6 Å². The van der Waals surface area contributed by atoms with Crippen LogP contribution in [0.5, 0.6) is 0 Å². The Labute approximate surface area is 125 Å². The molecule has 1 aromatic heterocycles. The molecule has 0 fully saturated rings. The van der Waals surface area contributed by atoms with Gasteiger partial charge >= 0.3 is 5.97 Å². The maximum absolute atomic E-state index is 11.4. The molecule has 0 spiro atoms. The number of carboxylic acid groups (broad SMARTS) is 1. The minimum Gasteiger partial charge on any atom is -0.478 e. The summed E-state index contributed by atoms with van der Waals surface area (Å²) in [4.78, 5) is 11.4. The first-order valence-corrected chi connectivity index (χ1v) is 6.78. The zero-order valence-corrected chi connectivity index (χ0v) is 11.9. The van der Waals surface area contributed by atoms with Gasteiger partial charge in [-0.1, -0.05) is 35.0 Å². The summed E-state index contributed by atoms with van der Waals surface area (Å²) in [6.45, 7) is 1.93. The zero-order chi connectivity index (χ0) is 15.0. The molecular weight excluding hydrogens is 290 g/mol. The van der Waals surface area contributed by atoms with Gasteiger partial charge in [-0.2, -0.15) is 0 Å². The number of benzene rings is 2. The van der Waals surface area contributed by atoms with Gasteiger partial charge in [0.25, 0.3) is 0 Å². The highest BCUT2D eigenvalue weighted by Crippen LogP contribution is 2.25. The summed E-state index contributed by atoms with van der Waals surface area (Å²) < 4.78 is 1.62. The van der Waals surface area contributed by atoms with Crippen LogP contribution in [0.1, 0.15) is 28.9 Å². The van der Waals surface area contributed by atoms with Crippen LogP contribution in [0.2, 0.25) is 5.02 Å². The summed E-state index contributed by atoms with van der Waals surface area (Å²) >= 11 is 6.01. The number of carboxylic acids is 1. The normalized spacial score (nSPS) is 12.5. The summed E-state index contributed by atoms with van der Waals surface area (Å²) in [6, 6.07) is 12.2. The van der Waals surface area contributed by atoms with Crippen molar-refractivity contribution in [1.29, 1.82) is 0 Å². The number of fused-ring (bicyclic) bond motifs is 1. The maximum atomic E-state index is 11.4. The number of hydrogen-bond acceptors (Lipinski definition) is 3. The van der Waals surface area contributed by atoms with E-state index in [0.717, 1.165) is 5.56 Å². The van der Waals surface area contributed by atoms with Gasteiger partial charge in [0, 0.05) is 5.02 Å². The van der Waals surface area contributed by atoms with Crippen molar-refractivity contribution in [1.82, 2.24) is 15.0 Å². The number of halogens is 1. The maximum Gasteiger partial charge on any atom is 0.337 e. The van der Waals surface area contributed by atoms with Gasteiger partial charge in [-0.3, -0.25) is 0 Å². The number of rotatable bonds is 3. The van der Waals surface area contributed by atoms with E-state index in [1.807, 2.05) is 25.1 Å². The van der Waals surface area contributed by atoms with E-state index >= 15 is 0 Å². The molecule has 2 aromatic carbocycles. The van der Waals surface area contributed by atoms with E-state index in [0.29, 0.717) is 16.1 Å². The number of aromatic carboxylic acids is 1. The van der Waals surface area contributed by atoms with E-state index in [9.17, 15) is 9.90 Å². The van der Waals surface area contributed by atoms with Crippen molar-refractivity contribution in [2.75, 3.05) is 0 Å². The van der Waals surface area contributed by atoms with Crippen molar-refractivity contribution in [3.8, 4) is 0 Å². The van der Waals surface area contributed by atoms with Crippen LogP contribution in [0, 0.1) is 0 Å². The minimum absolute atomic E-state index is 0.172. The molecule has 0 saturated carbocycles. The third kappa shape index (κ3) is 2.36. The average Bonchev–Trinajstić information content (AvgIpc) is 2.90. The Morgan fingerprint density at radius 2 is 2.05 bits per heavy atom. The van der Waals surface area contributed by atoms with Crippen LogP contribution in [-0.4, -0.2) is 26.1 Å². The summed E-state index contributed by atoms with van der Waals surface area (Å²) in [7, 11) is 0. The minimum atomic E-state index is -0.998. The molecule has 6 heteroatoms. The average molecular weight is 302 g/mol. The van der Waals surface area contributed by atoms with Crippen molar-refractivity contribution in [3.05, 3.63) is 58.6 Å². The second kappa shape index (κ2) is 5.18. The van der Waals surface area contributed by atoms with Gasteiger partial charge in [-0.25, -0.2) is 9.48 Å². The molecule has 0 bridgehead atoms. The van der Waals surface area contributed by atoms with E-state index in [1.54, 1.807) is 28.9 Å². The number of carbonyl (C=O) groups is 1. The SMILES string of the molecule is CC(c1cccc(Cl)c1)n1nnc2cccc(C(=O)O)c21. The molecule has 1 heterocycles. The first kappa shape index (κ1) is 13.6. The molecular formula is C15H12ClN3O2. The molecule has 0 aliphatic rings. The first-order valence-electron chi connectivity index (χ1n) is 6.40. The topological polar surface area (TPSA) is 68.0 Å².